The van der Waals surface area contributed by atoms with Crippen molar-refractivity contribution < 1.29 is 5.11 Å². The van der Waals surface area contributed by atoms with Crippen molar-refractivity contribution in [1.82, 2.24) is 5.32 Å². The largest absolute Gasteiger partial charge is 0.316 e. The molecular formula is C6H12NO. The molecule has 8 heavy (non-hydrogen) atoms. The van der Waals surface area contributed by atoms with E-state index in [4.69, 9.17) is 0 Å². The highest BCUT2D eigenvalue weighted by Gasteiger charge is 2.14. The Labute approximate surface area is 49.9 Å². The van der Waals surface area contributed by atoms with Crippen LogP contribution in [0.15, 0.2) is 0 Å². The zero-order valence-electron chi connectivity index (χ0n) is 5.02. The van der Waals surface area contributed by atoms with Crippen molar-refractivity contribution >= 4 is 0 Å². The molecule has 1 aliphatic heterocycles. The van der Waals surface area contributed by atoms with Crippen LogP contribution >= 0.6 is 0 Å². The zero-order valence-corrected chi connectivity index (χ0v) is 5.02. The topological polar surface area (TPSA) is 31.9 Å². The molecule has 0 saturated carbocycles. The van der Waals surface area contributed by atoms with Crippen molar-refractivity contribution in [2.24, 2.45) is 5.92 Å². The smallest absolute Gasteiger partial charge is 0.0822 e. The minimum atomic E-state index is 0.108. The summed E-state index contributed by atoms with van der Waals surface area (Å²) in [7, 11) is 0. The van der Waals surface area contributed by atoms with E-state index in [1.807, 2.05) is 0 Å². The fourth-order valence-corrected chi connectivity index (χ4v) is 0.925. The molecule has 0 aromatic rings. The van der Waals surface area contributed by atoms with E-state index in [2.05, 4.69) is 5.32 Å². The summed E-state index contributed by atoms with van der Waals surface area (Å²) in [5, 5.41) is 13.1. The van der Waals surface area contributed by atoms with Crippen LogP contribution in [-0.4, -0.2) is 19.7 Å². The first kappa shape index (κ1) is 6.05. The second-order valence-electron chi connectivity index (χ2n) is 2.37. The summed E-state index contributed by atoms with van der Waals surface area (Å²) in [6, 6.07) is 0. The van der Waals surface area contributed by atoms with Crippen LogP contribution in [0, 0.1) is 5.92 Å². The Kier molecular flexibility index (Phi) is 2.30. The molecule has 47 valence electrons. The SMILES string of the molecule is [O]CCCC1CNC1. The van der Waals surface area contributed by atoms with Crippen molar-refractivity contribution in [2.45, 2.75) is 12.8 Å². The Morgan fingerprint density at radius 2 is 2.25 bits per heavy atom. The van der Waals surface area contributed by atoms with Gasteiger partial charge in [-0.3, -0.25) is 0 Å². The summed E-state index contributed by atoms with van der Waals surface area (Å²) >= 11 is 0. The highest BCUT2D eigenvalue weighted by Crippen LogP contribution is 2.09. The molecule has 1 radical (unpaired) electrons. The number of nitrogens with one attached hydrogen (secondary N) is 1. The van der Waals surface area contributed by atoms with Crippen LogP contribution < -0.4 is 5.32 Å². The van der Waals surface area contributed by atoms with Gasteiger partial charge in [-0.2, -0.15) is 0 Å². The molecule has 0 amide bonds. The fourth-order valence-electron chi connectivity index (χ4n) is 0.925. The van der Waals surface area contributed by atoms with Crippen molar-refractivity contribution in [2.75, 3.05) is 19.7 Å². The van der Waals surface area contributed by atoms with Crippen molar-refractivity contribution in [3.05, 3.63) is 0 Å². The van der Waals surface area contributed by atoms with Gasteiger partial charge < -0.3 is 5.32 Å². The first-order valence-corrected chi connectivity index (χ1v) is 3.22. The lowest BCUT2D eigenvalue weighted by molar-refractivity contribution is 0.173. The minimum Gasteiger partial charge on any atom is -0.316 e. The van der Waals surface area contributed by atoms with Crippen LogP contribution in [0.4, 0.5) is 0 Å². The Balaban J connectivity index is 1.86. The summed E-state index contributed by atoms with van der Waals surface area (Å²) in [5.41, 5.74) is 0. The van der Waals surface area contributed by atoms with E-state index in [-0.39, 0.29) is 6.61 Å². The van der Waals surface area contributed by atoms with E-state index in [0.29, 0.717) is 0 Å². The third-order valence-electron chi connectivity index (χ3n) is 1.62. The number of hydrogen-bond donors (Lipinski definition) is 1. The van der Waals surface area contributed by atoms with Crippen molar-refractivity contribution in [3.63, 3.8) is 0 Å². The van der Waals surface area contributed by atoms with E-state index in [1.54, 1.807) is 0 Å². The minimum absolute atomic E-state index is 0.108. The molecule has 1 saturated heterocycles. The maximum absolute atomic E-state index is 9.95. The number of rotatable bonds is 3. The molecule has 0 bridgehead atoms. The quantitative estimate of drug-likeness (QED) is 0.566. The van der Waals surface area contributed by atoms with Gasteiger partial charge in [0.25, 0.3) is 0 Å². The molecule has 1 N–H and O–H groups in total. The average Bonchev–Trinajstić information content (AvgIpc) is 1.63. The average molecular weight is 114 g/mol. The molecule has 0 atom stereocenters. The lowest BCUT2D eigenvalue weighted by Crippen LogP contribution is -2.41. The van der Waals surface area contributed by atoms with Crippen LogP contribution in [0.3, 0.4) is 0 Å². The maximum Gasteiger partial charge on any atom is 0.0822 e. The molecule has 1 rings (SSSR count). The van der Waals surface area contributed by atoms with Gasteiger partial charge in [-0.25, -0.2) is 5.11 Å². The fraction of sp³-hybridized carbons (Fsp3) is 1.00. The van der Waals surface area contributed by atoms with E-state index >= 15 is 0 Å². The van der Waals surface area contributed by atoms with E-state index < -0.39 is 0 Å². The van der Waals surface area contributed by atoms with Crippen molar-refractivity contribution in [1.29, 1.82) is 0 Å². The third kappa shape index (κ3) is 1.46. The lowest BCUT2D eigenvalue weighted by atomic mass is 9.98. The maximum atomic E-state index is 9.95. The van der Waals surface area contributed by atoms with Gasteiger partial charge in [-0.1, -0.05) is 0 Å². The van der Waals surface area contributed by atoms with Gasteiger partial charge in [-0.15, -0.1) is 0 Å². The molecule has 0 spiro atoms. The second-order valence-corrected chi connectivity index (χ2v) is 2.37. The Bertz CT molecular complexity index is 61.5. The zero-order chi connectivity index (χ0) is 5.82. The lowest BCUT2D eigenvalue weighted by Gasteiger charge is -2.26. The Morgan fingerprint density at radius 3 is 2.62 bits per heavy atom. The third-order valence-corrected chi connectivity index (χ3v) is 1.62. The Hall–Kier alpha value is -0.0800. The van der Waals surface area contributed by atoms with Crippen LogP contribution in [0.1, 0.15) is 12.8 Å². The molecule has 0 aliphatic carbocycles. The first-order valence-electron chi connectivity index (χ1n) is 3.22. The second kappa shape index (κ2) is 3.05. The molecular weight excluding hydrogens is 102 g/mol. The predicted octanol–water partition coefficient (Wildman–Crippen LogP) is 0.417. The molecule has 1 aliphatic rings. The normalized spacial score (nSPS) is 20.6. The molecule has 2 heteroatoms. The molecule has 1 fully saturated rings. The summed E-state index contributed by atoms with van der Waals surface area (Å²) in [6.45, 7) is 2.39. The highest BCUT2D eigenvalue weighted by atomic mass is 16.2. The highest BCUT2D eigenvalue weighted by molar-refractivity contribution is 4.73. The van der Waals surface area contributed by atoms with Crippen LogP contribution in [0.25, 0.3) is 0 Å². The first-order chi connectivity index (χ1) is 3.93. The van der Waals surface area contributed by atoms with Crippen molar-refractivity contribution in [3.8, 4) is 0 Å². The van der Waals surface area contributed by atoms with Crippen LogP contribution in [0.5, 0.6) is 0 Å². The summed E-state index contributed by atoms with van der Waals surface area (Å²) in [4.78, 5) is 0. The molecule has 2 nitrogen and oxygen atoms in total. The van der Waals surface area contributed by atoms with Gasteiger partial charge >= 0.3 is 0 Å². The summed E-state index contributed by atoms with van der Waals surface area (Å²) < 4.78 is 0. The van der Waals surface area contributed by atoms with E-state index in [1.165, 1.54) is 0 Å². The molecule has 0 unspecified atom stereocenters. The van der Waals surface area contributed by atoms with Gasteiger partial charge in [0.1, 0.15) is 0 Å². The Morgan fingerprint density at radius 1 is 1.50 bits per heavy atom. The summed E-state index contributed by atoms with van der Waals surface area (Å²) in [5.74, 6) is 0.823. The summed E-state index contributed by atoms with van der Waals surface area (Å²) in [6.07, 6.45) is 2.00. The van der Waals surface area contributed by atoms with Gasteiger partial charge in [0.15, 0.2) is 0 Å². The van der Waals surface area contributed by atoms with Gasteiger partial charge in [-0.05, 0) is 31.8 Å². The standard InChI is InChI=1S/C6H12NO/c8-3-1-2-6-4-7-5-6/h6-7H,1-5H2. The van der Waals surface area contributed by atoms with Gasteiger partial charge in [0.05, 0.1) is 6.61 Å². The molecule has 0 aromatic heterocycles. The van der Waals surface area contributed by atoms with Gasteiger partial charge in [0, 0.05) is 0 Å². The monoisotopic (exact) mass is 114 g/mol. The number of hydrogen-bond acceptors (Lipinski definition) is 1. The van der Waals surface area contributed by atoms with Crippen LogP contribution in [0.2, 0.25) is 0 Å². The van der Waals surface area contributed by atoms with E-state index in [9.17, 15) is 5.11 Å². The van der Waals surface area contributed by atoms with E-state index in [0.717, 1.165) is 31.8 Å². The molecule has 0 aromatic carbocycles. The predicted molar refractivity (Wildman–Crippen MR) is 31.1 cm³/mol. The molecule has 1 heterocycles. The van der Waals surface area contributed by atoms with Gasteiger partial charge in [0.2, 0.25) is 0 Å². The van der Waals surface area contributed by atoms with Crippen LogP contribution in [-0.2, 0) is 5.11 Å².